The summed E-state index contributed by atoms with van der Waals surface area (Å²) < 4.78 is 2.66. The number of halogens is 1. The van der Waals surface area contributed by atoms with Crippen LogP contribution in [0.1, 0.15) is 17.3 Å². The van der Waals surface area contributed by atoms with Gasteiger partial charge in [-0.15, -0.1) is 0 Å². The maximum absolute atomic E-state index is 12.0. The van der Waals surface area contributed by atoms with Crippen molar-refractivity contribution in [3.8, 4) is 0 Å². The van der Waals surface area contributed by atoms with Crippen LogP contribution in [0.4, 0.5) is 0 Å². The fourth-order valence-corrected chi connectivity index (χ4v) is 2.03. The van der Waals surface area contributed by atoms with Gasteiger partial charge in [0.25, 0.3) is 5.91 Å². The van der Waals surface area contributed by atoms with Crippen LogP contribution in [-0.4, -0.2) is 33.8 Å². The first-order chi connectivity index (χ1) is 7.63. The molecule has 2 aromatic heterocycles. The van der Waals surface area contributed by atoms with E-state index < -0.39 is 0 Å². The molecule has 0 aliphatic rings. The summed E-state index contributed by atoms with van der Waals surface area (Å²) in [7, 11) is 1.79. The van der Waals surface area contributed by atoms with Gasteiger partial charge in [-0.2, -0.15) is 0 Å². The largest absolute Gasteiger partial charge is 0.342 e. The number of fused-ring (bicyclic) bond motifs is 1. The predicted octanol–water partition coefficient (Wildman–Crippen LogP) is 2.19. The smallest absolute Gasteiger partial charge is 0.255 e. The van der Waals surface area contributed by atoms with Gasteiger partial charge in [0.05, 0.1) is 10.0 Å². The highest BCUT2D eigenvalue weighted by Gasteiger charge is 2.12. The van der Waals surface area contributed by atoms with Crippen LogP contribution in [0.3, 0.4) is 0 Å². The molecule has 0 N–H and O–H groups in total. The summed E-state index contributed by atoms with van der Waals surface area (Å²) in [6, 6.07) is 1.80. The van der Waals surface area contributed by atoms with E-state index in [1.54, 1.807) is 30.4 Å². The second kappa shape index (κ2) is 4.25. The molecule has 2 heterocycles. The van der Waals surface area contributed by atoms with Gasteiger partial charge in [0.15, 0.2) is 5.65 Å². The average Bonchev–Trinajstić information content (AvgIpc) is 2.75. The topological polar surface area (TPSA) is 37.6 Å². The molecule has 0 aliphatic carbocycles. The van der Waals surface area contributed by atoms with Crippen LogP contribution in [0.15, 0.2) is 29.1 Å². The van der Waals surface area contributed by atoms with Gasteiger partial charge in [0.1, 0.15) is 0 Å². The number of amides is 1. The molecule has 4 nitrogen and oxygen atoms in total. The Kier molecular flexibility index (Phi) is 2.96. The third kappa shape index (κ3) is 1.82. The number of carbonyl (C=O) groups excluding carboxylic acids is 1. The molecule has 0 atom stereocenters. The van der Waals surface area contributed by atoms with Gasteiger partial charge in [0.2, 0.25) is 0 Å². The van der Waals surface area contributed by atoms with Crippen LogP contribution in [0, 0.1) is 0 Å². The minimum Gasteiger partial charge on any atom is -0.342 e. The second-order valence-electron chi connectivity index (χ2n) is 3.55. The Morgan fingerprint density at radius 2 is 2.38 bits per heavy atom. The molecule has 0 fully saturated rings. The van der Waals surface area contributed by atoms with E-state index in [-0.39, 0.29) is 5.91 Å². The van der Waals surface area contributed by atoms with Crippen molar-refractivity contribution >= 4 is 27.5 Å². The zero-order valence-corrected chi connectivity index (χ0v) is 10.7. The normalized spacial score (nSPS) is 10.7. The SMILES string of the molecule is CCN(C)C(=O)c1cc(Br)c2nccn2c1. The van der Waals surface area contributed by atoms with Gasteiger partial charge in [-0.3, -0.25) is 4.79 Å². The number of carbonyl (C=O) groups is 1. The Morgan fingerprint density at radius 3 is 3.06 bits per heavy atom. The standard InChI is InChI=1S/C11H12BrN3O/c1-3-14(2)11(16)8-6-9(12)10-13-4-5-15(10)7-8/h4-7H,3H2,1-2H3. The summed E-state index contributed by atoms with van der Waals surface area (Å²) in [5, 5.41) is 0. The van der Waals surface area contributed by atoms with Crippen molar-refractivity contribution in [2.45, 2.75) is 6.92 Å². The molecule has 2 rings (SSSR count). The van der Waals surface area contributed by atoms with E-state index in [2.05, 4.69) is 20.9 Å². The molecular weight excluding hydrogens is 270 g/mol. The third-order valence-corrected chi connectivity index (χ3v) is 3.09. The fourth-order valence-electron chi connectivity index (χ4n) is 1.47. The minimum atomic E-state index is 0.0128. The molecule has 0 spiro atoms. The average molecular weight is 282 g/mol. The highest BCUT2D eigenvalue weighted by Crippen LogP contribution is 2.19. The van der Waals surface area contributed by atoms with Crippen LogP contribution in [0.2, 0.25) is 0 Å². The molecule has 0 radical (unpaired) electrons. The Hall–Kier alpha value is -1.36. The minimum absolute atomic E-state index is 0.0128. The summed E-state index contributed by atoms with van der Waals surface area (Å²) >= 11 is 3.41. The maximum atomic E-state index is 12.0. The Morgan fingerprint density at radius 1 is 1.62 bits per heavy atom. The van der Waals surface area contributed by atoms with Crippen molar-refractivity contribution in [3.63, 3.8) is 0 Å². The zero-order chi connectivity index (χ0) is 11.7. The molecule has 0 bridgehead atoms. The van der Waals surface area contributed by atoms with Crippen LogP contribution >= 0.6 is 15.9 Å². The zero-order valence-electron chi connectivity index (χ0n) is 9.14. The Labute approximate surface area is 102 Å². The van der Waals surface area contributed by atoms with Crippen molar-refractivity contribution in [1.82, 2.24) is 14.3 Å². The van der Waals surface area contributed by atoms with Crippen molar-refractivity contribution in [3.05, 3.63) is 34.7 Å². The summed E-state index contributed by atoms with van der Waals surface area (Å²) in [4.78, 5) is 17.8. The van der Waals surface area contributed by atoms with Crippen molar-refractivity contribution in [1.29, 1.82) is 0 Å². The summed E-state index contributed by atoms with van der Waals surface area (Å²) in [5.41, 5.74) is 1.47. The Balaban J connectivity index is 2.49. The maximum Gasteiger partial charge on any atom is 0.255 e. The van der Waals surface area contributed by atoms with Crippen LogP contribution in [-0.2, 0) is 0 Å². The second-order valence-corrected chi connectivity index (χ2v) is 4.41. The number of pyridine rings is 1. The highest BCUT2D eigenvalue weighted by atomic mass is 79.9. The van der Waals surface area contributed by atoms with Crippen molar-refractivity contribution < 1.29 is 4.79 Å². The van der Waals surface area contributed by atoms with Gasteiger partial charge in [-0.1, -0.05) is 0 Å². The highest BCUT2D eigenvalue weighted by molar-refractivity contribution is 9.10. The van der Waals surface area contributed by atoms with E-state index in [1.807, 2.05) is 17.5 Å². The van der Waals surface area contributed by atoms with Gasteiger partial charge in [-0.05, 0) is 28.9 Å². The lowest BCUT2D eigenvalue weighted by molar-refractivity contribution is 0.0802. The first-order valence-electron chi connectivity index (χ1n) is 5.01. The van der Waals surface area contributed by atoms with Crippen LogP contribution in [0.5, 0.6) is 0 Å². The van der Waals surface area contributed by atoms with E-state index >= 15 is 0 Å². The monoisotopic (exact) mass is 281 g/mol. The first-order valence-corrected chi connectivity index (χ1v) is 5.80. The van der Waals surface area contributed by atoms with Gasteiger partial charge >= 0.3 is 0 Å². The number of nitrogens with zero attached hydrogens (tertiary/aromatic N) is 3. The van der Waals surface area contributed by atoms with E-state index in [1.165, 1.54) is 0 Å². The summed E-state index contributed by atoms with van der Waals surface area (Å²) in [6.45, 7) is 2.64. The van der Waals surface area contributed by atoms with Crippen LogP contribution < -0.4 is 0 Å². The number of aromatic nitrogens is 2. The lowest BCUT2D eigenvalue weighted by atomic mass is 10.2. The summed E-state index contributed by atoms with van der Waals surface area (Å²) in [5.74, 6) is 0.0128. The molecule has 1 amide bonds. The molecule has 84 valence electrons. The Bertz CT molecular complexity index is 535. The molecule has 0 saturated carbocycles. The third-order valence-electron chi connectivity index (χ3n) is 2.51. The quantitative estimate of drug-likeness (QED) is 0.846. The van der Waals surface area contributed by atoms with E-state index in [9.17, 15) is 4.79 Å². The first kappa shape index (κ1) is 11.1. The van der Waals surface area contributed by atoms with E-state index in [0.717, 1.165) is 10.1 Å². The van der Waals surface area contributed by atoms with E-state index in [0.29, 0.717) is 12.1 Å². The van der Waals surface area contributed by atoms with Gasteiger partial charge in [0, 0.05) is 32.2 Å². The fraction of sp³-hybridized carbons (Fsp3) is 0.273. The molecule has 5 heteroatoms. The van der Waals surface area contributed by atoms with Crippen LogP contribution in [0.25, 0.3) is 5.65 Å². The summed E-state index contributed by atoms with van der Waals surface area (Å²) in [6.07, 6.45) is 5.32. The van der Waals surface area contributed by atoms with Crippen molar-refractivity contribution in [2.24, 2.45) is 0 Å². The van der Waals surface area contributed by atoms with Gasteiger partial charge in [-0.25, -0.2) is 4.98 Å². The molecule has 0 aromatic carbocycles. The molecule has 0 saturated heterocycles. The molecule has 2 aromatic rings. The lowest BCUT2D eigenvalue weighted by Crippen LogP contribution is -2.26. The molecule has 0 aliphatic heterocycles. The van der Waals surface area contributed by atoms with Crippen molar-refractivity contribution in [2.75, 3.05) is 13.6 Å². The number of hydrogen-bond acceptors (Lipinski definition) is 2. The number of hydrogen-bond donors (Lipinski definition) is 0. The lowest BCUT2D eigenvalue weighted by Gasteiger charge is -2.14. The predicted molar refractivity (Wildman–Crippen MR) is 65.5 cm³/mol. The number of imidazole rings is 1. The van der Waals surface area contributed by atoms with Gasteiger partial charge < -0.3 is 9.30 Å². The molecular formula is C11H12BrN3O. The molecule has 16 heavy (non-hydrogen) atoms. The molecule has 0 unspecified atom stereocenters. The van der Waals surface area contributed by atoms with E-state index in [4.69, 9.17) is 0 Å². The number of rotatable bonds is 2.